The van der Waals surface area contributed by atoms with Gasteiger partial charge in [-0.3, -0.25) is 4.79 Å². The highest BCUT2D eigenvalue weighted by Gasteiger charge is 2.53. The number of nitrogens with one attached hydrogen (secondary N) is 1. The predicted molar refractivity (Wildman–Crippen MR) is 82.5 cm³/mol. The van der Waals surface area contributed by atoms with E-state index < -0.39 is 5.41 Å². The van der Waals surface area contributed by atoms with Gasteiger partial charge in [0.05, 0.1) is 10.0 Å². The second-order valence-corrected chi connectivity index (χ2v) is 5.90. The summed E-state index contributed by atoms with van der Waals surface area (Å²) in [5.41, 5.74) is 1.19. The van der Waals surface area contributed by atoms with Crippen LogP contribution in [0.2, 0.25) is 10.0 Å². The molecular formula is C15H13Cl2N3O. The van der Waals surface area contributed by atoms with Crippen LogP contribution in [0.4, 0.5) is 0 Å². The predicted octanol–water partition coefficient (Wildman–Crippen LogP) is 3.23. The fourth-order valence-corrected chi connectivity index (χ4v) is 2.61. The van der Waals surface area contributed by atoms with Crippen molar-refractivity contribution in [2.75, 3.05) is 7.05 Å². The Kier molecular flexibility index (Phi) is 3.59. The molecule has 0 unspecified atom stereocenters. The first-order valence-corrected chi connectivity index (χ1v) is 7.32. The molecule has 2 aromatic rings. The molecule has 1 saturated carbocycles. The molecule has 4 nitrogen and oxygen atoms in total. The van der Waals surface area contributed by atoms with Gasteiger partial charge >= 0.3 is 0 Å². The average Bonchev–Trinajstić information content (AvgIpc) is 3.31. The molecule has 1 aromatic heterocycles. The molecule has 1 aliphatic rings. The van der Waals surface area contributed by atoms with Crippen molar-refractivity contribution in [1.29, 1.82) is 0 Å². The molecule has 0 saturated heterocycles. The fraction of sp³-hybridized carbons (Fsp3) is 0.267. The molecule has 6 heteroatoms. The quantitative estimate of drug-likeness (QED) is 0.944. The van der Waals surface area contributed by atoms with Crippen LogP contribution >= 0.6 is 23.2 Å². The van der Waals surface area contributed by atoms with E-state index in [1.54, 1.807) is 31.6 Å². The third kappa shape index (κ3) is 2.49. The number of aromatic nitrogens is 2. The van der Waals surface area contributed by atoms with E-state index in [4.69, 9.17) is 23.2 Å². The number of likely N-dealkylation sites (N-methyl/N-ethyl adjacent to an activating group) is 1. The Hall–Kier alpha value is -1.65. The number of benzene rings is 1. The zero-order valence-corrected chi connectivity index (χ0v) is 12.9. The minimum atomic E-state index is -0.537. The fourth-order valence-electron chi connectivity index (χ4n) is 2.32. The Balaban J connectivity index is 1.91. The first kappa shape index (κ1) is 14.3. The van der Waals surface area contributed by atoms with E-state index in [0.29, 0.717) is 15.9 Å². The number of rotatable bonds is 3. The normalized spacial score (nSPS) is 15.6. The first-order valence-electron chi connectivity index (χ1n) is 6.57. The molecule has 0 atom stereocenters. The summed E-state index contributed by atoms with van der Waals surface area (Å²) in [7, 11) is 1.63. The highest BCUT2D eigenvalue weighted by Crippen LogP contribution is 2.46. The van der Waals surface area contributed by atoms with Gasteiger partial charge in [0.2, 0.25) is 5.91 Å². The number of nitrogens with zero attached hydrogens (tertiary/aromatic N) is 2. The van der Waals surface area contributed by atoms with Crippen molar-refractivity contribution in [3.05, 3.63) is 46.5 Å². The Morgan fingerprint density at radius 1 is 1.14 bits per heavy atom. The zero-order chi connectivity index (χ0) is 15.0. The van der Waals surface area contributed by atoms with Crippen molar-refractivity contribution in [2.45, 2.75) is 18.3 Å². The largest absolute Gasteiger partial charge is 0.358 e. The molecule has 0 radical (unpaired) electrons. The topological polar surface area (TPSA) is 54.9 Å². The van der Waals surface area contributed by atoms with Crippen molar-refractivity contribution in [2.24, 2.45) is 0 Å². The van der Waals surface area contributed by atoms with Crippen molar-refractivity contribution in [3.63, 3.8) is 0 Å². The monoisotopic (exact) mass is 321 g/mol. The van der Waals surface area contributed by atoms with E-state index in [1.807, 2.05) is 6.07 Å². The number of halogens is 2. The van der Waals surface area contributed by atoms with Gasteiger partial charge in [0.1, 0.15) is 11.2 Å². The maximum absolute atomic E-state index is 11.9. The van der Waals surface area contributed by atoms with Crippen LogP contribution in [-0.2, 0) is 10.2 Å². The average molecular weight is 322 g/mol. The van der Waals surface area contributed by atoms with Gasteiger partial charge in [-0.1, -0.05) is 29.3 Å². The Morgan fingerprint density at radius 3 is 2.33 bits per heavy atom. The van der Waals surface area contributed by atoms with E-state index >= 15 is 0 Å². The summed E-state index contributed by atoms with van der Waals surface area (Å²) >= 11 is 11.9. The molecule has 1 N–H and O–H groups in total. The third-order valence-corrected chi connectivity index (χ3v) is 4.48. The molecule has 1 amide bonds. The first-order chi connectivity index (χ1) is 10.1. The van der Waals surface area contributed by atoms with Gasteiger partial charge in [-0.25, -0.2) is 9.97 Å². The van der Waals surface area contributed by atoms with Crippen LogP contribution in [0.15, 0.2) is 30.6 Å². The maximum atomic E-state index is 11.9. The van der Waals surface area contributed by atoms with Crippen molar-refractivity contribution < 1.29 is 4.79 Å². The molecule has 0 aliphatic heterocycles. The maximum Gasteiger partial charge on any atom is 0.233 e. The van der Waals surface area contributed by atoms with Crippen molar-refractivity contribution >= 4 is 29.1 Å². The third-order valence-electron chi connectivity index (χ3n) is 3.74. The second kappa shape index (κ2) is 5.28. The Morgan fingerprint density at radius 2 is 1.81 bits per heavy atom. The van der Waals surface area contributed by atoms with Gasteiger partial charge in [-0.05, 0) is 30.5 Å². The summed E-state index contributed by atoms with van der Waals surface area (Å²) in [4.78, 5) is 20.6. The molecule has 3 rings (SSSR count). The van der Waals surface area contributed by atoms with E-state index in [0.717, 1.165) is 24.0 Å². The summed E-state index contributed by atoms with van der Waals surface area (Å²) in [5, 5.41) is 3.67. The summed E-state index contributed by atoms with van der Waals surface area (Å²) in [5.74, 6) is 0.551. The summed E-state index contributed by atoms with van der Waals surface area (Å²) < 4.78 is 0. The van der Waals surface area contributed by atoms with E-state index in [2.05, 4.69) is 15.3 Å². The second-order valence-electron chi connectivity index (χ2n) is 5.09. The molecule has 108 valence electrons. The number of carbonyl (C=O) groups is 1. The van der Waals surface area contributed by atoms with Crippen LogP contribution < -0.4 is 5.32 Å². The molecule has 21 heavy (non-hydrogen) atoms. The van der Waals surface area contributed by atoms with Crippen LogP contribution in [0.25, 0.3) is 11.1 Å². The molecule has 1 fully saturated rings. The van der Waals surface area contributed by atoms with Crippen LogP contribution in [-0.4, -0.2) is 22.9 Å². The number of carbonyl (C=O) groups excluding carboxylic acids is 1. The minimum absolute atomic E-state index is 0.0233. The minimum Gasteiger partial charge on any atom is -0.358 e. The van der Waals surface area contributed by atoms with Gasteiger partial charge in [0.15, 0.2) is 0 Å². The number of hydrogen-bond acceptors (Lipinski definition) is 3. The zero-order valence-electron chi connectivity index (χ0n) is 11.4. The Labute approximate surface area is 132 Å². The van der Waals surface area contributed by atoms with Crippen molar-refractivity contribution in [1.82, 2.24) is 15.3 Å². The lowest BCUT2D eigenvalue weighted by molar-refractivity contribution is -0.123. The number of amides is 1. The van der Waals surface area contributed by atoms with Crippen molar-refractivity contribution in [3.8, 4) is 11.1 Å². The van der Waals surface area contributed by atoms with E-state index in [-0.39, 0.29) is 5.91 Å². The van der Waals surface area contributed by atoms with E-state index in [9.17, 15) is 4.79 Å². The lowest BCUT2D eigenvalue weighted by atomic mass is 10.0. The lowest BCUT2D eigenvalue weighted by Crippen LogP contribution is -2.33. The standard InChI is InChI=1S/C15H13Cl2N3O/c1-18-14(21)15(4-5-15)13-19-7-10(8-20-13)9-2-3-11(16)12(17)6-9/h2-3,6-8H,4-5H2,1H3,(H,18,21). The smallest absolute Gasteiger partial charge is 0.233 e. The Bertz CT molecular complexity index is 697. The summed E-state index contributed by atoms with van der Waals surface area (Å²) in [6.07, 6.45) is 5.01. The summed E-state index contributed by atoms with van der Waals surface area (Å²) in [6.45, 7) is 0. The number of hydrogen-bond donors (Lipinski definition) is 1. The van der Waals surface area contributed by atoms with Crippen LogP contribution in [0.5, 0.6) is 0 Å². The van der Waals surface area contributed by atoms with E-state index in [1.165, 1.54) is 0 Å². The van der Waals surface area contributed by atoms with Gasteiger partial charge in [-0.2, -0.15) is 0 Å². The van der Waals surface area contributed by atoms with Gasteiger partial charge in [0.25, 0.3) is 0 Å². The molecule has 1 aromatic carbocycles. The van der Waals surface area contributed by atoms with Crippen LogP contribution in [0.3, 0.4) is 0 Å². The molecule has 1 heterocycles. The summed E-state index contributed by atoms with van der Waals surface area (Å²) in [6, 6.07) is 5.37. The molecule has 0 spiro atoms. The molecule has 0 bridgehead atoms. The SMILES string of the molecule is CNC(=O)C1(c2ncc(-c3ccc(Cl)c(Cl)c3)cn2)CC1. The molecular weight excluding hydrogens is 309 g/mol. The van der Waals surface area contributed by atoms with Gasteiger partial charge in [-0.15, -0.1) is 0 Å². The highest BCUT2D eigenvalue weighted by atomic mass is 35.5. The van der Waals surface area contributed by atoms with Gasteiger partial charge in [0, 0.05) is 25.0 Å². The highest BCUT2D eigenvalue weighted by molar-refractivity contribution is 6.42. The molecule has 1 aliphatic carbocycles. The lowest BCUT2D eigenvalue weighted by Gasteiger charge is -2.12. The van der Waals surface area contributed by atoms with Crippen LogP contribution in [0, 0.1) is 0 Å². The van der Waals surface area contributed by atoms with Crippen LogP contribution in [0.1, 0.15) is 18.7 Å². The van der Waals surface area contributed by atoms with Gasteiger partial charge < -0.3 is 5.32 Å².